The molecule has 1 saturated carbocycles. The average Bonchev–Trinajstić information content (AvgIpc) is 3.27. The summed E-state index contributed by atoms with van der Waals surface area (Å²) in [6.45, 7) is 0. The topological polar surface area (TPSA) is 38.3 Å². The third-order valence-corrected chi connectivity index (χ3v) is 5.14. The van der Waals surface area contributed by atoms with Crippen LogP contribution in [0.1, 0.15) is 38.5 Å². The van der Waals surface area contributed by atoms with Gasteiger partial charge in [-0.1, -0.05) is 30.4 Å². The second-order valence-electron chi connectivity index (χ2n) is 6.75. The van der Waals surface area contributed by atoms with Crippen LogP contribution in [-0.2, 0) is 4.79 Å². The van der Waals surface area contributed by atoms with Gasteiger partial charge in [-0.15, -0.1) is 0 Å². The molecule has 0 saturated heterocycles. The molecule has 2 atom stereocenters. The Bertz CT molecular complexity index is 596. The number of ether oxygens (including phenoxy) is 1. The van der Waals surface area contributed by atoms with Crippen LogP contribution in [0.4, 0.5) is 5.69 Å². The lowest BCUT2D eigenvalue weighted by atomic mass is 10.1. The summed E-state index contributed by atoms with van der Waals surface area (Å²) in [4.78, 5) is 12.7. The lowest BCUT2D eigenvalue weighted by Gasteiger charge is -2.07. The summed E-state index contributed by atoms with van der Waals surface area (Å²) in [7, 11) is 1.64. The first-order valence-electron chi connectivity index (χ1n) is 9.04. The van der Waals surface area contributed by atoms with Crippen LogP contribution in [0.25, 0.3) is 0 Å². The Hall–Kier alpha value is -2.03. The minimum absolute atomic E-state index is 0.166. The number of nitrogens with one attached hydrogen (secondary N) is 1. The predicted octanol–water partition coefficient (Wildman–Crippen LogP) is 4.96. The van der Waals surface area contributed by atoms with E-state index in [4.69, 9.17) is 4.74 Å². The van der Waals surface area contributed by atoms with Gasteiger partial charge >= 0.3 is 0 Å². The Balaban J connectivity index is 1.61. The summed E-state index contributed by atoms with van der Waals surface area (Å²) in [5, 5.41) is 3.08. The summed E-state index contributed by atoms with van der Waals surface area (Å²) >= 11 is 0. The SMILES string of the molecule is COc1cccc(NC(=O)C2C3CC/C=C\CC/C=C\CCC32)c1. The van der Waals surface area contributed by atoms with Gasteiger partial charge in [-0.2, -0.15) is 0 Å². The van der Waals surface area contributed by atoms with Gasteiger partial charge in [-0.3, -0.25) is 4.79 Å². The van der Waals surface area contributed by atoms with E-state index >= 15 is 0 Å². The minimum Gasteiger partial charge on any atom is -0.497 e. The van der Waals surface area contributed by atoms with Crippen LogP contribution in [0, 0.1) is 17.8 Å². The van der Waals surface area contributed by atoms with Crippen molar-refractivity contribution < 1.29 is 9.53 Å². The summed E-state index contributed by atoms with van der Waals surface area (Å²) in [6, 6.07) is 7.58. The van der Waals surface area contributed by atoms with E-state index in [1.807, 2.05) is 24.3 Å². The van der Waals surface area contributed by atoms with E-state index in [0.717, 1.165) is 50.0 Å². The fourth-order valence-electron chi connectivity index (χ4n) is 3.79. The Morgan fingerprint density at radius 1 is 1.00 bits per heavy atom. The van der Waals surface area contributed by atoms with E-state index in [2.05, 4.69) is 29.6 Å². The fraction of sp³-hybridized carbons (Fsp3) is 0.476. The van der Waals surface area contributed by atoms with Crippen LogP contribution >= 0.6 is 0 Å². The van der Waals surface area contributed by atoms with Crippen molar-refractivity contribution in [3.05, 3.63) is 48.6 Å². The summed E-state index contributed by atoms with van der Waals surface area (Å²) < 4.78 is 5.23. The zero-order chi connectivity index (χ0) is 16.8. The maximum atomic E-state index is 12.7. The van der Waals surface area contributed by atoms with Crippen molar-refractivity contribution in [2.75, 3.05) is 12.4 Å². The summed E-state index contributed by atoms with van der Waals surface area (Å²) in [5.74, 6) is 2.17. The highest BCUT2D eigenvalue weighted by molar-refractivity contribution is 5.95. The molecule has 2 aliphatic carbocycles. The van der Waals surface area contributed by atoms with E-state index in [-0.39, 0.29) is 11.8 Å². The smallest absolute Gasteiger partial charge is 0.228 e. The van der Waals surface area contributed by atoms with Gasteiger partial charge in [-0.25, -0.2) is 0 Å². The number of benzene rings is 1. The van der Waals surface area contributed by atoms with Crippen molar-refractivity contribution in [1.82, 2.24) is 0 Å². The Morgan fingerprint density at radius 3 is 2.25 bits per heavy atom. The number of fused-ring (bicyclic) bond motifs is 1. The molecule has 3 rings (SSSR count). The van der Waals surface area contributed by atoms with E-state index in [9.17, 15) is 4.79 Å². The molecule has 1 N–H and O–H groups in total. The number of methoxy groups -OCH3 is 1. The molecule has 1 aromatic carbocycles. The van der Waals surface area contributed by atoms with E-state index in [0.29, 0.717) is 11.8 Å². The molecule has 1 aromatic rings. The zero-order valence-electron chi connectivity index (χ0n) is 14.4. The number of carbonyl (C=O) groups is 1. The van der Waals surface area contributed by atoms with Gasteiger partial charge in [-0.05, 0) is 62.5 Å². The number of rotatable bonds is 3. The fourth-order valence-corrected chi connectivity index (χ4v) is 3.79. The summed E-state index contributed by atoms with van der Waals surface area (Å²) in [5.41, 5.74) is 0.821. The van der Waals surface area contributed by atoms with Crippen LogP contribution in [0.2, 0.25) is 0 Å². The predicted molar refractivity (Wildman–Crippen MR) is 98.1 cm³/mol. The first kappa shape index (κ1) is 16.8. The number of anilines is 1. The van der Waals surface area contributed by atoms with Gasteiger partial charge in [0.1, 0.15) is 5.75 Å². The Morgan fingerprint density at radius 2 is 1.62 bits per heavy atom. The molecule has 2 unspecified atom stereocenters. The minimum atomic E-state index is 0.166. The van der Waals surface area contributed by atoms with E-state index in [1.54, 1.807) is 7.11 Å². The number of hydrogen-bond acceptors (Lipinski definition) is 2. The van der Waals surface area contributed by atoms with Crippen molar-refractivity contribution in [2.24, 2.45) is 17.8 Å². The van der Waals surface area contributed by atoms with Gasteiger partial charge in [0.2, 0.25) is 5.91 Å². The molecule has 0 radical (unpaired) electrons. The number of amides is 1. The molecule has 0 aliphatic heterocycles. The molecule has 3 heteroatoms. The average molecular weight is 325 g/mol. The van der Waals surface area contributed by atoms with Crippen LogP contribution < -0.4 is 10.1 Å². The number of hydrogen-bond donors (Lipinski definition) is 1. The van der Waals surface area contributed by atoms with Gasteiger partial charge < -0.3 is 10.1 Å². The maximum Gasteiger partial charge on any atom is 0.228 e. The molecule has 0 aromatic heterocycles. The summed E-state index contributed by atoms with van der Waals surface area (Å²) in [6.07, 6.45) is 15.8. The number of carbonyl (C=O) groups excluding carboxylic acids is 1. The van der Waals surface area contributed by atoms with E-state index in [1.165, 1.54) is 0 Å². The van der Waals surface area contributed by atoms with Crippen molar-refractivity contribution in [3.63, 3.8) is 0 Å². The monoisotopic (exact) mass is 325 g/mol. The molecule has 2 aliphatic rings. The highest BCUT2D eigenvalue weighted by atomic mass is 16.5. The maximum absolute atomic E-state index is 12.7. The first-order chi connectivity index (χ1) is 11.8. The molecule has 128 valence electrons. The molecular weight excluding hydrogens is 298 g/mol. The molecule has 3 nitrogen and oxygen atoms in total. The third-order valence-electron chi connectivity index (χ3n) is 5.14. The highest BCUT2D eigenvalue weighted by Crippen LogP contribution is 2.52. The standard InChI is InChI=1S/C21H27NO2/c1-24-17-12-10-11-16(15-17)22-21(23)20-18-13-8-6-4-2-3-5-7-9-14-19(18)20/h4-7,10-12,15,18-20H,2-3,8-9,13-14H2,1H3,(H,22,23)/b6-4-,7-5-. The molecule has 1 fully saturated rings. The van der Waals surface area contributed by atoms with Crippen LogP contribution in [0.5, 0.6) is 5.75 Å². The highest BCUT2D eigenvalue weighted by Gasteiger charge is 2.52. The number of allylic oxidation sites excluding steroid dienone is 4. The lowest BCUT2D eigenvalue weighted by molar-refractivity contribution is -0.117. The van der Waals surface area contributed by atoms with Gasteiger partial charge in [0.05, 0.1) is 7.11 Å². The van der Waals surface area contributed by atoms with Gasteiger partial charge in [0.25, 0.3) is 0 Å². The Kier molecular flexibility index (Phi) is 5.73. The quantitative estimate of drug-likeness (QED) is 0.797. The van der Waals surface area contributed by atoms with Crippen LogP contribution in [0.3, 0.4) is 0 Å². The van der Waals surface area contributed by atoms with Gasteiger partial charge in [0.15, 0.2) is 0 Å². The molecule has 0 spiro atoms. The van der Waals surface area contributed by atoms with Crippen molar-refractivity contribution in [1.29, 1.82) is 0 Å². The van der Waals surface area contributed by atoms with Gasteiger partial charge in [0, 0.05) is 17.7 Å². The van der Waals surface area contributed by atoms with Crippen molar-refractivity contribution in [2.45, 2.75) is 38.5 Å². The molecular formula is C21H27NO2. The van der Waals surface area contributed by atoms with Crippen molar-refractivity contribution >= 4 is 11.6 Å². The van der Waals surface area contributed by atoms with Crippen LogP contribution in [0.15, 0.2) is 48.6 Å². The molecule has 24 heavy (non-hydrogen) atoms. The largest absolute Gasteiger partial charge is 0.497 e. The van der Waals surface area contributed by atoms with Crippen LogP contribution in [-0.4, -0.2) is 13.0 Å². The van der Waals surface area contributed by atoms with Crippen molar-refractivity contribution in [3.8, 4) is 5.75 Å². The third kappa shape index (κ3) is 4.28. The normalized spacial score (nSPS) is 29.3. The first-order valence-corrected chi connectivity index (χ1v) is 9.04. The zero-order valence-corrected chi connectivity index (χ0v) is 14.4. The molecule has 1 amide bonds. The Labute approximate surface area is 144 Å². The second kappa shape index (κ2) is 8.18. The molecule has 0 heterocycles. The van der Waals surface area contributed by atoms with E-state index < -0.39 is 0 Å². The lowest BCUT2D eigenvalue weighted by Crippen LogP contribution is -2.15. The molecule has 0 bridgehead atoms. The second-order valence-corrected chi connectivity index (χ2v) is 6.75.